The van der Waals surface area contributed by atoms with Crippen molar-refractivity contribution >= 4 is 16.0 Å². The molecular formula is C10H21NO4S. The minimum Gasteiger partial charge on any atom is -0.481 e. The molecule has 0 aliphatic carbocycles. The van der Waals surface area contributed by atoms with E-state index in [1.165, 1.54) is 0 Å². The Kier molecular flexibility index (Phi) is 6.59. The molecule has 0 rings (SSSR count). The first-order valence-corrected chi connectivity index (χ1v) is 7.13. The van der Waals surface area contributed by atoms with Gasteiger partial charge >= 0.3 is 5.97 Å². The lowest BCUT2D eigenvalue weighted by molar-refractivity contribution is -0.137. The lowest BCUT2D eigenvalue weighted by Crippen LogP contribution is -2.37. The van der Waals surface area contributed by atoms with Crippen molar-refractivity contribution in [2.45, 2.75) is 46.1 Å². The predicted molar refractivity (Wildman–Crippen MR) is 62.7 cm³/mol. The molecule has 16 heavy (non-hydrogen) atoms. The summed E-state index contributed by atoms with van der Waals surface area (Å²) in [7, 11) is -3.35. The molecule has 0 saturated heterocycles. The maximum atomic E-state index is 11.6. The molecule has 0 heterocycles. The van der Waals surface area contributed by atoms with Gasteiger partial charge in [0.25, 0.3) is 0 Å². The summed E-state index contributed by atoms with van der Waals surface area (Å²) >= 11 is 0. The third-order valence-corrected chi connectivity index (χ3v) is 3.69. The SMILES string of the molecule is CCC(CC(=O)O)NS(=O)(=O)CCC(C)C. The maximum absolute atomic E-state index is 11.6. The number of hydrogen-bond acceptors (Lipinski definition) is 3. The molecule has 5 nitrogen and oxygen atoms in total. The van der Waals surface area contributed by atoms with E-state index in [0.29, 0.717) is 18.8 Å². The van der Waals surface area contributed by atoms with Gasteiger partial charge < -0.3 is 5.11 Å². The third-order valence-electron chi connectivity index (χ3n) is 2.22. The number of nitrogens with one attached hydrogen (secondary N) is 1. The molecule has 96 valence electrons. The predicted octanol–water partition coefficient (Wildman–Crippen LogP) is 1.21. The second kappa shape index (κ2) is 6.85. The van der Waals surface area contributed by atoms with E-state index in [9.17, 15) is 13.2 Å². The van der Waals surface area contributed by atoms with Gasteiger partial charge in [-0.2, -0.15) is 0 Å². The molecule has 0 aromatic rings. The van der Waals surface area contributed by atoms with Crippen molar-refractivity contribution in [1.29, 1.82) is 0 Å². The Hall–Kier alpha value is -0.620. The molecule has 0 bridgehead atoms. The first-order chi connectivity index (χ1) is 7.26. The molecule has 1 unspecified atom stereocenters. The molecule has 0 fully saturated rings. The average Bonchev–Trinajstić information content (AvgIpc) is 2.13. The van der Waals surface area contributed by atoms with Crippen molar-refractivity contribution in [3.63, 3.8) is 0 Å². The Morgan fingerprint density at radius 2 is 1.94 bits per heavy atom. The normalized spacial score (nSPS) is 14.0. The Balaban J connectivity index is 4.26. The number of rotatable bonds is 8. The molecule has 0 radical (unpaired) electrons. The van der Waals surface area contributed by atoms with Crippen LogP contribution in [0.25, 0.3) is 0 Å². The van der Waals surface area contributed by atoms with Gasteiger partial charge in [0.1, 0.15) is 0 Å². The van der Waals surface area contributed by atoms with Crippen LogP contribution in [0.15, 0.2) is 0 Å². The van der Waals surface area contributed by atoms with E-state index in [1.54, 1.807) is 6.92 Å². The van der Waals surface area contributed by atoms with Gasteiger partial charge in [-0.3, -0.25) is 4.79 Å². The summed E-state index contributed by atoms with van der Waals surface area (Å²) in [5.41, 5.74) is 0. The molecule has 6 heteroatoms. The quantitative estimate of drug-likeness (QED) is 0.679. The minimum absolute atomic E-state index is 0.0563. The summed E-state index contributed by atoms with van der Waals surface area (Å²) in [6.45, 7) is 5.66. The van der Waals surface area contributed by atoms with Gasteiger partial charge in [0, 0.05) is 6.04 Å². The first-order valence-electron chi connectivity index (χ1n) is 5.48. The van der Waals surface area contributed by atoms with E-state index in [-0.39, 0.29) is 12.2 Å². The molecular weight excluding hydrogens is 230 g/mol. The van der Waals surface area contributed by atoms with E-state index < -0.39 is 22.0 Å². The molecule has 0 aromatic carbocycles. The fourth-order valence-corrected chi connectivity index (χ4v) is 2.84. The molecule has 0 saturated carbocycles. The average molecular weight is 251 g/mol. The van der Waals surface area contributed by atoms with E-state index in [1.807, 2.05) is 13.8 Å². The number of aliphatic carboxylic acids is 1. The lowest BCUT2D eigenvalue weighted by atomic mass is 10.2. The zero-order valence-electron chi connectivity index (χ0n) is 10.1. The van der Waals surface area contributed by atoms with Crippen molar-refractivity contribution in [1.82, 2.24) is 4.72 Å². The first kappa shape index (κ1) is 15.4. The van der Waals surface area contributed by atoms with Crippen molar-refractivity contribution in [2.75, 3.05) is 5.75 Å². The minimum atomic E-state index is -3.35. The second-order valence-electron chi connectivity index (χ2n) is 4.32. The van der Waals surface area contributed by atoms with Crippen LogP contribution >= 0.6 is 0 Å². The highest BCUT2D eigenvalue weighted by Gasteiger charge is 2.18. The molecule has 0 aromatic heterocycles. The van der Waals surface area contributed by atoms with Crippen LogP contribution in [-0.2, 0) is 14.8 Å². The largest absolute Gasteiger partial charge is 0.481 e. The number of hydrogen-bond donors (Lipinski definition) is 2. The van der Waals surface area contributed by atoms with E-state index in [0.717, 1.165) is 0 Å². The summed E-state index contributed by atoms with van der Waals surface area (Å²) in [4.78, 5) is 10.5. The van der Waals surface area contributed by atoms with Gasteiger partial charge in [-0.1, -0.05) is 20.8 Å². The van der Waals surface area contributed by atoms with Crippen LogP contribution in [0.5, 0.6) is 0 Å². The highest BCUT2D eigenvalue weighted by molar-refractivity contribution is 7.89. The highest BCUT2D eigenvalue weighted by atomic mass is 32.2. The zero-order chi connectivity index (χ0) is 12.8. The molecule has 0 amide bonds. The second-order valence-corrected chi connectivity index (χ2v) is 6.20. The Bertz CT molecular complexity index is 311. The third kappa shape index (κ3) is 7.64. The van der Waals surface area contributed by atoms with E-state index in [2.05, 4.69) is 4.72 Å². The Labute approximate surface area is 97.3 Å². The van der Waals surface area contributed by atoms with Gasteiger partial charge in [-0.25, -0.2) is 13.1 Å². The molecule has 1 atom stereocenters. The summed E-state index contributed by atoms with van der Waals surface area (Å²) in [6.07, 6.45) is 0.892. The van der Waals surface area contributed by atoms with Crippen LogP contribution in [0.1, 0.15) is 40.0 Å². The van der Waals surface area contributed by atoms with Crippen LogP contribution in [-0.4, -0.2) is 31.3 Å². The summed E-state index contributed by atoms with van der Waals surface area (Å²) in [5.74, 6) is -0.615. The summed E-state index contributed by atoms with van der Waals surface area (Å²) in [5, 5.41) is 8.60. The van der Waals surface area contributed by atoms with Crippen LogP contribution < -0.4 is 4.72 Å². The van der Waals surface area contributed by atoms with Crippen molar-refractivity contribution < 1.29 is 18.3 Å². The van der Waals surface area contributed by atoms with Crippen molar-refractivity contribution in [3.05, 3.63) is 0 Å². The van der Waals surface area contributed by atoms with Crippen molar-refractivity contribution in [3.8, 4) is 0 Å². The summed E-state index contributed by atoms with van der Waals surface area (Å²) in [6, 6.07) is -0.505. The van der Waals surface area contributed by atoms with Gasteiger partial charge in [0.15, 0.2) is 0 Å². The highest BCUT2D eigenvalue weighted by Crippen LogP contribution is 2.05. The zero-order valence-corrected chi connectivity index (χ0v) is 10.9. The van der Waals surface area contributed by atoms with Crippen LogP contribution in [0.2, 0.25) is 0 Å². The Morgan fingerprint density at radius 1 is 1.38 bits per heavy atom. The van der Waals surface area contributed by atoms with Crippen molar-refractivity contribution in [2.24, 2.45) is 5.92 Å². The van der Waals surface area contributed by atoms with E-state index >= 15 is 0 Å². The standard InChI is InChI=1S/C10H21NO4S/c1-4-9(7-10(12)13)11-16(14,15)6-5-8(2)3/h8-9,11H,4-7H2,1-3H3,(H,12,13). The lowest BCUT2D eigenvalue weighted by Gasteiger charge is -2.15. The van der Waals surface area contributed by atoms with Gasteiger partial charge in [-0.15, -0.1) is 0 Å². The Morgan fingerprint density at radius 3 is 2.31 bits per heavy atom. The fourth-order valence-electron chi connectivity index (χ4n) is 1.18. The van der Waals surface area contributed by atoms with Gasteiger partial charge in [0.2, 0.25) is 10.0 Å². The molecule has 0 spiro atoms. The maximum Gasteiger partial charge on any atom is 0.304 e. The number of sulfonamides is 1. The fraction of sp³-hybridized carbons (Fsp3) is 0.900. The monoisotopic (exact) mass is 251 g/mol. The van der Waals surface area contributed by atoms with E-state index in [4.69, 9.17) is 5.11 Å². The smallest absolute Gasteiger partial charge is 0.304 e. The topological polar surface area (TPSA) is 83.5 Å². The molecule has 0 aliphatic heterocycles. The summed E-state index contributed by atoms with van der Waals surface area (Å²) < 4.78 is 25.6. The number of carboxylic acids is 1. The molecule has 0 aliphatic rings. The van der Waals surface area contributed by atoms with Gasteiger partial charge in [0.05, 0.1) is 12.2 Å². The molecule has 2 N–H and O–H groups in total. The van der Waals surface area contributed by atoms with Crippen LogP contribution in [0.3, 0.4) is 0 Å². The van der Waals surface area contributed by atoms with Gasteiger partial charge in [-0.05, 0) is 18.8 Å². The van der Waals surface area contributed by atoms with Crippen LogP contribution in [0.4, 0.5) is 0 Å². The number of carbonyl (C=O) groups is 1. The number of carboxylic acid groups (broad SMARTS) is 1. The van der Waals surface area contributed by atoms with Crippen LogP contribution in [0, 0.1) is 5.92 Å².